The van der Waals surface area contributed by atoms with Crippen molar-refractivity contribution in [3.05, 3.63) is 51.5 Å². The molecule has 2 aromatic rings. The van der Waals surface area contributed by atoms with Crippen molar-refractivity contribution in [2.75, 3.05) is 11.1 Å². The van der Waals surface area contributed by atoms with Gasteiger partial charge in [0.1, 0.15) is 5.02 Å². The highest BCUT2D eigenvalue weighted by Gasteiger charge is 2.12. The molecule has 18 heavy (non-hydrogen) atoms. The fourth-order valence-corrected chi connectivity index (χ4v) is 1.83. The van der Waals surface area contributed by atoms with E-state index in [-0.39, 0.29) is 16.6 Å². The van der Waals surface area contributed by atoms with Crippen LogP contribution in [0.5, 0.6) is 0 Å². The van der Waals surface area contributed by atoms with Gasteiger partial charge in [0, 0.05) is 5.69 Å². The summed E-state index contributed by atoms with van der Waals surface area (Å²) in [5.74, 6) is 0.344. The highest BCUT2D eigenvalue weighted by molar-refractivity contribution is 6.32. The van der Waals surface area contributed by atoms with Gasteiger partial charge in [-0.25, -0.2) is 4.98 Å². The predicted molar refractivity (Wildman–Crippen MR) is 72.8 cm³/mol. The Morgan fingerprint density at radius 2 is 2.17 bits per heavy atom. The van der Waals surface area contributed by atoms with E-state index in [0.717, 1.165) is 5.56 Å². The number of hydrogen-bond donors (Lipinski definition) is 3. The van der Waals surface area contributed by atoms with Crippen LogP contribution in [0.2, 0.25) is 5.02 Å². The van der Waals surface area contributed by atoms with E-state index < -0.39 is 0 Å². The molecular formula is C12H13ClN4O. The molecule has 0 aliphatic rings. The third-order valence-corrected chi connectivity index (χ3v) is 2.96. The molecule has 1 unspecified atom stereocenters. The van der Waals surface area contributed by atoms with E-state index in [0.29, 0.717) is 11.5 Å². The molecule has 1 aromatic carbocycles. The SMILES string of the molecule is CC(Nc1nc[nH]c(=O)c1Cl)c1ccccc1N. The van der Waals surface area contributed by atoms with E-state index in [9.17, 15) is 4.79 Å². The molecule has 0 fully saturated rings. The van der Waals surface area contributed by atoms with E-state index in [2.05, 4.69) is 15.3 Å². The Hall–Kier alpha value is -2.01. The number of nitrogens with two attached hydrogens (primary N) is 1. The number of anilines is 2. The van der Waals surface area contributed by atoms with E-state index in [1.54, 1.807) is 0 Å². The summed E-state index contributed by atoms with van der Waals surface area (Å²) in [5.41, 5.74) is 7.11. The number of rotatable bonds is 3. The molecule has 0 amide bonds. The minimum atomic E-state index is -0.373. The molecule has 1 aromatic heterocycles. The highest BCUT2D eigenvalue weighted by Crippen LogP contribution is 2.24. The summed E-state index contributed by atoms with van der Waals surface area (Å²) in [7, 11) is 0. The first-order valence-electron chi connectivity index (χ1n) is 5.43. The molecule has 0 spiro atoms. The van der Waals surface area contributed by atoms with Crippen molar-refractivity contribution in [2.24, 2.45) is 0 Å². The van der Waals surface area contributed by atoms with E-state index >= 15 is 0 Å². The highest BCUT2D eigenvalue weighted by atomic mass is 35.5. The van der Waals surface area contributed by atoms with E-state index in [1.807, 2.05) is 31.2 Å². The minimum Gasteiger partial charge on any atom is -0.398 e. The molecular weight excluding hydrogens is 252 g/mol. The van der Waals surface area contributed by atoms with Gasteiger partial charge in [-0.05, 0) is 18.6 Å². The quantitative estimate of drug-likeness (QED) is 0.742. The molecule has 5 nitrogen and oxygen atoms in total. The Labute approximate surface area is 109 Å². The van der Waals surface area contributed by atoms with Gasteiger partial charge in [-0.3, -0.25) is 4.79 Å². The Bertz CT molecular complexity index is 611. The number of aromatic nitrogens is 2. The maximum atomic E-state index is 11.3. The molecule has 1 atom stereocenters. The van der Waals surface area contributed by atoms with Gasteiger partial charge >= 0.3 is 0 Å². The molecule has 0 aliphatic heterocycles. The lowest BCUT2D eigenvalue weighted by atomic mass is 10.1. The van der Waals surface area contributed by atoms with Crippen LogP contribution in [-0.2, 0) is 0 Å². The van der Waals surface area contributed by atoms with Crippen LogP contribution in [-0.4, -0.2) is 9.97 Å². The van der Waals surface area contributed by atoms with Gasteiger partial charge in [0.25, 0.3) is 5.56 Å². The van der Waals surface area contributed by atoms with Crippen LogP contribution < -0.4 is 16.6 Å². The smallest absolute Gasteiger partial charge is 0.271 e. The Kier molecular flexibility index (Phi) is 3.53. The molecule has 0 saturated carbocycles. The van der Waals surface area contributed by atoms with Crippen molar-refractivity contribution in [3.8, 4) is 0 Å². The third kappa shape index (κ3) is 2.46. The van der Waals surface area contributed by atoms with Gasteiger partial charge in [0.05, 0.1) is 12.4 Å². The fourth-order valence-electron chi connectivity index (χ4n) is 1.67. The van der Waals surface area contributed by atoms with Crippen molar-refractivity contribution in [2.45, 2.75) is 13.0 Å². The molecule has 94 valence electrons. The summed E-state index contributed by atoms with van der Waals surface area (Å²) in [4.78, 5) is 17.7. The van der Waals surface area contributed by atoms with Crippen molar-refractivity contribution in [1.29, 1.82) is 0 Å². The first-order valence-corrected chi connectivity index (χ1v) is 5.81. The molecule has 1 heterocycles. The average molecular weight is 265 g/mol. The van der Waals surface area contributed by atoms with Crippen LogP contribution in [0.25, 0.3) is 0 Å². The van der Waals surface area contributed by atoms with Gasteiger partial charge in [0.2, 0.25) is 0 Å². The standard InChI is InChI=1S/C12H13ClN4O/c1-7(8-4-2-3-5-9(8)14)17-11-10(13)12(18)16-6-15-11/h2-7H,14H2,1H3,(H2,15,16,17,18). The summed E-state index contributed by atoms with van der Waals surface area (Å²) < 4.78 is 0. The van der Waals surface area contributed by atoms with Gasteiger partial charge in [0.15, 0.2) is 5.82 Å². The largest absolute Gasteiger partial charge is 0.398 e. The molecule has 2 rings (SSSR count). The van der Waals surface area contributed by atoms with Crippen molar-refractivity contribution in [1.82, 2.24) is 9.97 Å². The van der Waals surface area contributed by atoms with Gasteiger partial charge in [-0.15, -0.1) is 0 Å². The zero-order valence-electron chi connectivity index (χ0n) is 9.77. The molecule has 0 aliphatic carbocycles. The second kappa shape index (κ2) is 5.10. The molecule has 0 radical (unpaired) electrons. The number of aromatic amines is 1. The predicted octanol–water partition coefficient (Wildman–Crippen LogP) is 2.18. The van der Waals surface area contributed by atoms with Gasteiger partial charge in [-0.1, -0.05) is 29.8 Å². The fraction of sp³-hybridized carbons (Fsp3) is 0.167. The Balaban J connectivity index is 2.27. The lowest BCUT2D eigenvalue weighted by molar-refractivity contribution is 0.873. The normalized spacial score (nSPS) is 12.1. The van der Waals surface area contributed by atoms with E-state index in [4.69, 9.17) is 17.3 Å². The lowest BCUT2D eigenvalue weighted by Crippen LogP contribution is -2.15. The third-order valence-electron chi connectivity index (χ3n) is 2.61. The average Bonchev–Trinajstić information content (AvgIpc) is 2.35. The monoisotopic (exact) mass is 264 g/mol. The zero-order chi connectivity index (χ0) is 13.1. The molecule has 6 heteroatoms. The first kappa shape index (κ1) is 12.4. The van der Waals surface area contributed by atoms with Gasteiger partial charge in [-0.2, -0.15) is 0 Å². The Morgan fingerprint density at radius 3 is 2.89 bits per heavy atom. The summed E-state index contributed by atoms with van der Waals surface area (Å²) in [6, 6.07) is 7.40. The van der Waals surface area contributed by atoms with Crippen LogP contribution in [0.1, 0.15) is 18.5 Å². The summed E-state index contributed by atoms with van der Waals surface area (Å²) in [6.07, 6.45) is 1.30. The van der Waals surface area contributed by atoms with Gasteiger partial charge < -0.3 is 16.0 Å². The van der Waals surface area contributed by atoms with Crippen LogP contribution >= 0.6 is 11.6 Å². The zero-order valence-corrected chi connectivity index (χ0v) is 10.5. The second-order valence-electron chi connectivity index (χ2n) is 3.89. The number of para-hydroxylation sites is 1. The number of H-pyrrole nitrogens is 1. The first-order chi connectivity index (χ1) is 8.59. The van der Waals surface area contributed by atoms with Crippen LogP contribution in [0.4, 0.5) is 11.5 Å². The molecule has 0 bridgehead atoms. The van der Waals surface area contributed by atoms with E-state index in [1.165, 1.54) is 6.33 Å². The number of nitrogens with one attached hydrogen (secondary N) is 2. The minimum absolute atomic E-state index is 0.0406. The van der Waals surface area contributed by atoms with Crippen LogP contribution in [0.15, 0.2) is 35.4 Å². The van der Waals surface area contributed by atoms with Crippen molar-refractivity contribution >= 4 is 23.1 Å². The molecule has 4 N–H and O–H groups in total. The number of hydrogen-bond acceptors (Lipinski definition) is 4. The number of halogens is 1. The summed E-state index contributed by atoms with van der Waals surface area (Å²) in [5, 5.41) is 3.11. The number of nitrogen functional groups attached to an aromatic ring is 1. The Morgan fingerprint density at radius 1 is 1.44 bits per heavy atom. The van der Waals surface area contributed by atoms with Crippen molar-refractivity contribution < 1.29 is 0 Å². The molecule has 0 saturated heterocycles. The van der Waals surface area contributed by atoms with Crippen LogP contribution in [0.3, 0.4) is 0 Å². The number of benzene rings is 1. The maximum Gasteiger partial charge on any atom is 0.271 e. The lowest BCUT2D eigenvalue weighted by Gasteiger charge is -2.17. The summed E-state index contributed by atoms with van der Waals surface area (Å²) in [6.45, 7) is 1.92. The summed E-state index contributed by atoms with van der Waals surface area (Å²) >= 11 is 5.86. The second-order valence-corrected chi connectivity index (χ2v) is 4.27. The number of nitrogens with zero attached hydrogens (tertiary/aromatic N) is 1. The van der Waals surface area contributed by atoms with Crippen LogP contribution in [0, 0.1) is 0 Å². The topological polar surface area (TPSA) is 83.8 Å². The maximum absolute atomic E-state index is 11.3. The van der Waals surface area contributed by atoms with Crippen molar-refractivity contribution in [3.63, 3.8) is 0 Å².